The van der Waals surface area contributed by atoms with Crippen LogP contribution >= 0.6 is 11.6 Å². The highest BCUT2D eigenvalue weighted by molar-refractivity contribution is 6.30. The van der Waals surface area contributed by atoms with Gasteiger partial charge in [-0.05, 0) is 30.4 Å². The summed E-state index contributed by atoms with van der Waals surface area (Å²) in [4.78, 5) is 8.37. The Morgan fingerprint density at radius 1 is 1.21 bits per heavy atom. The fourth-order valence-corrected chi connectivity index (χ4v) is 2.95. The minimum Gasteiger partial charge on any atom is -0.366 e. The molecule has 1 aromatic heterocycles. The van der Waals surface area contributed by atoms with Crippen molar-refractivity contribution in [1.29, 1.82) is 0 Å². The van der Waals surface area contributed by atoms with Crippen LogP contribution in [-0.4, -0.2) is 16.0 Å². The summed E-state index contributed by atoms with van der Waals surface area (Å²) in [5.41, 5.74) is 3.86. The molecule has 1 aliphatic rings. The van der Waals surface area contributed by atoms with E-state index in [1.165, 1.54) is 17.5 Å². The van der Waals surface area contributed by atoms with Crippen molar-refractivity contribution in [2.75, 3.05) is 5.32 Å². The van der Waals surface area contributed by atoms with Crippen LogP contribution in [0, 0.1) is 0 Å². The van der Waals surface area contributed by atoms with Crippen LogP contribution < -0.4 is 5.32 Å². The molecule has 0 radical (unpaired) electrons. The first kappa shape index (κ1) is 12.4. The van der Waals surface area contributed by atoms with Gasteiger partial charge in [0.1, 0.15) is 17.3 Å². The molecule has 0 unspecified atom stereocenters. The van der Waals surface area contributed by atoms with Gasteiger partial charge in [0.2, 0.25) is 0 Å². The van der Waals surface area contributed by atoms with Gasteiger partial charge in [-0.15, -0.1) is 0 Å². The summed E-state index contributed by atoms with van der Waals surface area (Å²) >= 11 is 6.11. The topological polar surface area (TPSA) is 37.8 Å². The van der Waals surface area contributed by atoms with Crippen molar-refractivity contribution in [3.8, 4) is 0 Å². The van der Waals surface area contributed by atoms with E-state index in [1.807, 2.05) is 0 Å². The molecule has 0 fully saturated rings. The normalized spacial score (nSPS) is 14.4. The summed E-state index contributed by atoms with van der Waals surface area (Å²) in [6, 6.07) is 8.99. The Morgan fingerprint density at radius 2 is 1.89 bits per heavy atom. The van der Waals surface area contributed by atoms with Crippen LogP contribution in [0.15, 0.2) is 30.6 Å². The molecule has 4 heteroatoms. The SMILES string of the molecule is CCc1c(Cl)ncnc1NC1Cc2ccccc2C1. The van der Waals surface area contributed by atoms with Gasteiger partial charge in [-0.1, -0.05) is 42.8 Å². The Hall–Kier alpha value is -1.61. The second-order valence-electron chi connectivity index (χ2n) is 4.86. The van der Waals surface area contributed by atoms with E-state index < -0.39 is 0 Å². The van der Waals surface area contributed by atoms with Gasteiger partial charge in [-0.25, -0.2) is 9.97 Å². The minimum absolute atomic E-state index is 0.397. The second-order valence-corrected chi connectivity index (χ2v) is 5.22. The highest BCUT2D eigenvalue weighted by Crippen LogP contribution is 2.26. The third-order valence-electron chi connectivity index (χ3n) is 3.64. The van der Waals surface area contributed by atoms with E-state index in [0.29, 0.717) is 11.2 Å². The van der Waals surface area contributed by atoms with Crippen molar-refractivity contribution in [2.45, 2.75) is 32.2 Å². The molecule has 3 nitrogen and oxygen atoms in total. The molecule has 1 aromatic carbocycles. The standard InChI is InChI=1S/C15H16ClN3/c1-2-13-14(16)17-9-18-15(13)19-12-7-10-5-3-4-6-11(10)8-12/h3-6,9,12H,2,7-8H2,1H3,(H,17,18,19). The first-order valence-corrected chi connectivity index (χ1v) is 6.98. The lowest BCUT2D eigenvalue weighted by molar-refractivity contribution is 0.764. The molecule has 0 spiro atoms. The number of nitrogens with zero attached hydrogens (tertiary/aromatic N) is 2. The molecule has 0 saturated carbocycles. The van der Waals surface area contributed by atoms with Crippen molar-refractivity contribution in [2.24, 2.45) is 0 Å². The lowest BCUT2D eigenvalue weighted by Gasteiger charge is -2.15. The molecular formula is C15H16ClN3. The Labute approximate surface area is 118 Å². The second kappa shape index (κ2) is 5.17. The van der Waals surface area contributed by atoms with Crippen molar-refractivity contribution >= 4 is 17.4 Å². The Morgan fingerprint density at radius 3 is 2.53 bits per heavy atom. The smallest absolute Gasteiger partial charge is 0.137 e. The van der Waals surface area contributed by atoms with E-state index in [1.54, 1.807) is 0 Å². The van der Waals surface area contributed by atoms with E-state index in [-0.39, 0.29) is 0 Å². The van der Waals surface area contributed by atoms with Crippen molar-refractivity contribution in [1.82, 2.24) is 9.97 Å². The number of hydrogen-bond donors (Lipinski definition) is 1. The molecule has 0 saturated heterocycles. The molecule has 0 aliphatic heterocycles. The molecule has 19 heavy (non-hydrogen) atoms. The molecule has 0 amide bonds. The largest absolute Gasteiger partial charge is 0.366 e. The summed E-state index contributed by atoms with van der Waals surface area (Å²) in [6.07, 6.45) is 4.44. The molecule has 1 N–H and O–H groups in total. The average molecular weight is 274 g/mol. The van der Waals surface area contributed by atoms with Gasteiger partial charge in [-0.2, -0.15) is 0 Å². The number of hydrogen-bond acceptors (Lipinski definition) is 3. The Kier molecular flexibility index (Phi) is 3.38. The molecule has 1 heterocycles. The van der Waals surface area contributed by atoms with Crippen LogP contribution in [0.1, 0.15) is 23.6 Å². The summed E-state index contributed by atoms with van der Waals surface area (Å²) in [5.74, 6) is 0.875. The maximum absolute atomic E-state index is 6.11. The zero-order valence-electron chi connectivity index (χ0n) is 10.9. The molecule has 0 bridgehead atoms. The van der Waals surface area contributed by atoms with Gasteiger partial charge in [0.15, 0.2) is 0 Å². The van der Waals surface area contributed by atoms with E-state index >= 15 is 0 Å². The van der Waals surface area contributed by atoms with E-state index in [4.69, 9.17) is 11.6 Å². The molecule has 3 rings (SSSR count). The van der Waals surface area contributed by atoms with Crippen molar-refractivity contribution in [3.05, 3.63) is 52.4 Å². The van der Waals surface area contributed by atoms with Crippen LogP contribution in [0.3, 0.4) is 0 Å². The van der Waals surface area contributed by atoms with Crippen LogP contribution in [0.2, 0.25) is 5.15 Å². The van der Waals surface area contributed by atoms with Crippen molar-refractivity contribution < 1.29 is 0 Å². The van der Waals surface area contributed by atoms with Crippen LogP contribution in [0.4, 0.5) is 5.82 Å². The Bertz CT molecular complexity index is 573. The van der Waals surface area contributed by atoms with Crippen LogP contribution in [0.25, 0.3) is 0 Å². The first-order chi connectivity index (χ1) is 9.28. The Balaban J connectivity index is 1.80. The predicted molar refractivity (Wildman–Crippen MR) is 77.7 cm³/mol. The first-order valence-electron chi connectivity index (χ1n) is 6.60. The third-order valence-corrected chi connectivity index (χ3v) is 3.96. The van der Waals surface area contributed by atoms with E-state index in [9.17, 15) is 0 Å². The lowest BCUT2D eigenvalue weighted by Crippen LogP contribution is -2.21. The maximum atomic E-state index is 6.11. The van der Waals surface area contributed by atoms with Gasteiger partial charge in [0, 0.05) is 11.6 Å². The van der Waals surface area contributed by atoms with Crippen LogP contribution in [0.5, 0.6) is 0 Å². The summed E-state index contributed by atoms with van der Waals surface area (Å²) in [6.45, 7) is 2.07. The highest BCUT2D eigenvalue weighted by Gasteiger charge is 2.22. The number of rotatable bonds is 3. The summed E-state index contributed by atoms with van der Waals surface area (Å²) in [7, 11) is 0. The number of halogens is 1. The highest BCUT2D eigenvalue weighted by atomic mass is 35.5. The fourth-order valence-electron chi connectivity index (χ4n) is 2.68. The fraction of sp³-hybridized carbons (Fsp3) is 0.333. The molecule has 2 aromatic rings. The monoisotopic (exact) mass is 273 g/mol. The molecule has 98 valence electrons. The van der Waals surface area contributed by atoms with E-state index in [0.717, 1.165) is 30.6 Å². The van der Waals surface area contributed by atoms with Crippen LogP contribution in [-0.2, 0) is 19.3 Å². The minimum atomic E-state index is 0.397. The number of benzene rings is 1. The van der Waals surface area contributed by atoms with Gasteiger partial charge < -0.3 is 5.32 Å². The number of anilines is 1. The van der Waals surface area contributed by atoms with Gasteiger partial charge in [0.25, 0.3) is 0 Å². The number of aromatic nitrogens is 2. The van der Waals surface area contributed by atoms with Gasteiger partial charge in [0.05, 0.1) is 0 Å². The molecule has 0 atom stereocenters. The zero-order valence-corrected chi connectivity index (χ0v) is 11.6. The number of nitrogens with one attached hydrogen (secondary N) is 1. The van der Waals surface area contributed by atoms with Gasteiger partial charge >= 0.3 is 0 Å². The quantitative estimate of drug-likeness (QED) is 0.872. The molecular weight excluding hydrogens is 258 g/mol. The van der Waals surface area contributed by atoms with Crippen molar-refractivity contribution in [3.63, 3.8) is 0 Å². The third kappa shape index (κ3) is 2.43. The number of fused-ring (bicyclic) bond motifs is 1. The predicted octanol–water partition coefficient (Wildman–Crippen LogP) is 3.27. The zero-order chi connectivity index (χ0) is 13.2. The molecule has 1 aliphatic carbocycles. The van der Waals surface area contributed by atoms with E-state index in [2.05, 4.69) is 46.5 Å². The average Bonchev–Trinajstić information content (AvgIpc) is 2.81. The maximum Gasteiger partial charge on any atom is 0.137 e. The van der Waals surface area contributed by atoms with Gasteiger partial charge in [-0.3, -0.25) is 0 Å². The lowest BCUT2D eigenvalue weighted by atomic mass is 10.1. The summed E-state index contributed by atoms with van der Waals surface area (Å²) < 4.78 is 0. The summed E-state index contributed by atoms with van der Waals surface area (Å²) in [5, 5.41) is 4.06.